The molecular formula is C18H22. The number of allylic oxidation sites excluding steroid dienone is 2. The molecule has 0 saturated heterocycles. The van der Waals surface area contributed by atoms with Crippen LogP contribution in [0.5, 0.6) is 0 Å². The van der Waals surface area contributed by atoms with Crippen molar-refractivity contribution in [3.8, 4) is 0 Å². The highest BCUT2D eigenvalue weighted by atomic mass is 14.1. The summed E-state index contributed by atoms with van der Waals surface area (Å²) in [5.74, 6) is 0.617. The van der Waals surface area contributed by atoms with Crippen LogP contribution in [-0.2, 0) is 0 Å². The van der Waals surface area contributed by atoms with E-state index in [1.165, 1.54) is 34.8 Å². The second kappa shape index (κ2) is 5.86. The summed E-state index contributed by atoms with van der Waals surface area (Å²) in [5, 5.41) is 2.76. The Labute approximate surface area is 110 Å². The van der Waals surface area contributed by atoms with E-state index in [-0.39, 0.29) is 0 Å². The van der Waals surface area contributed by atoms with Crippen LogP contribution in [0.25, 0.3) is 10.8 Å². The van der Waals surface area contributed by atoms with Gasteiger partial charge in [0.05, 0.1) is 0 Å². The van der Waals surface area contributed by atoms with Gasteiger partial charge in [0, 0.05) is 0 Å². The first-order chi connectivity index (χ1) is 8.68. The van der Waals surface area contributed by atoms with Crippen molar-refractivity contribution in [3.63, 3.8) is 0 Å². The van der Waals surface area contributed by atoms with Gasteiger partial charge in [-0.3, -0.25) is 0 Å². The summed E-state index contributed by atoms with van der Waals surface area (Å²) in [6.07, 6.45) is 4.73. The zero-order valence-electron chi connectivity index (χ0n) is 11.6. The fourth-order valence-corrected chi connectivity index (χ4v) is 2.46. The maximum Gasteiger partial charge on any atom is -0.0149 e. The lowest BCUT2D eigenvalue weighted by molar-refractivity contribution is 0.694. The molecule has 0 nitrogen and oxygen atoms in total. The van der Waals surface area contributed by atoms with Crippen molar-refractivity contribution in [1.82, 2.24) is 0 Å². The highest BCUT2D eigenvalue weighted by molar-refractivity contribution is 5.86. The van der Waals surface area contributed by atoms with E-state index in [4.69, 9.17) is 0 Å². The Morgan fingerprint density at radius 3 is 2.56 bits per heavy atom. The Hall–Kier alpha value is -1.56. The van der Waals surface area contributed by atoms with E-state index >= 15 is 0 Å². The van der Waals surface area contributed by atoms with Crippen LogP contribution in [0.3, 0.4) is 0 Å². The molecule has 0 aliphatic carbocycles. The number of rotatable bonds is 4. The SMILES string of the molecule is CC(C)=CCC[C@@H](C)c1cccc2ccccc12. The lowest BCUT2D eigenvalue weighted by atomic mass is 9.91. The van der Waals surface area contributed by atoms with Crippen LogP contribution in [0.1, 0.15) is 45.1 Å². The van der Waals surface area contributed by atoms with Crippen LogP contribution >= 0.6 is 0 Å². The van der Waals surface area contributed by atoms with Gasteiger partial charge in [-0.05, 0) is 48.9 Å². The summed E-state index contributed by atoms with van der Waals surface area (Å²) < 4.78 is 0. The number of hydrogen-bond donors (Lipinski definition) is 0. The highest BCUT2D eigenvalue weighted by Gasteiger charge is 2.08. The van der Waals surface area contributed by atoms with Crippen molar-refractivity contribution < 1.29 is 0 Å². The van der Waals surface area contributed by atoms with Gasteiger partial charge in [-0.1, -0.05) is 61.0 Å². The fraction of sp³-hybridized carbons (Fsp3) is 0.333. The van der Waals surface area contributed by atoms with Crippen LogP contribution in [-0.4, -0.2) is 0 Å². The van der Waals surface area contributed by atoms with Crippen LogP contribution in [0.15, 0.2) is 54.1 Å². The molecule has 0 aliphatic heterocycles. The molecule has 2 aromatic carbocycles. The van der Waals surface area contributed by atoms with Gasteiger partial charge in [0.1, 0.15) is 0 Å². The van der Waals surface area contributed by atoms with E-state index in [9.17, 15) is 0 Å². The van der Waals surface area contributed by atoms with E-state index in [0.29, 0.717) is 5.92 Å². The molecule has 0 saturated carbocycles. The Bertz CT molecular complexity index is 539. The molecule has 0 unspecified atom stereocenters. The summed E-state index contributed by atoms with van der Waals surface area (Å²) >= 11 is 0. The molecular weight excluding hydrogens is 216 g/mol. The van der Waals surface area contributed by atoms with Gasteiger partial charge in [0.25, 0.3) is 0 Å². The standard InChI is InChI=1S/C18H22/c1-14(2)8-6-9-15(3)17-13-7-11-16-10-4-5-12-18(16)17/h4-5,7-8,10-13,15H,6,9H2,1-3H3/t15-/m1/s1. The van der Waals surface area contributed by atoms with Gasteiger partial charge in [-0.15, -0.1) is 0 Å². The Morgan fingerprint density at radius 1 is 1.06 bits per heavy atom. The first kappa shape index (κ1) is 12.9. The fourth-order valence-electron chi connectivity index (χ4n) is 2.46. The molecule has 0 spiro atoms. The quantitative estimate of drug-likeness (QED) is 0.600. The molecule has 2 rings (SSSR count). The monoisotopic (exact) mass is 238 g/mol. The minimum atomic E-state index is 0.617. The number of fused-ring (bicyclic) bond motifs is 1. The molecule has 0 radical (unpaired) electrons. The molecule has 0 fully saturated rings. The molecule has 0 N–H and O–H groups in total. The van der Waals surface area contributed by atoms with E-state index < -0.39 is 0 Å². The van der Waals surface area contributed by atoms with Crippen molar-refractivity contribution >= 4 is 10.8 Å². The van der Waals surface area contributed by atoms with E-state index in [0.717, 1.165) is 0 Å². The summed E-state index contributed by atoms with van der Waals surface area (Å²) in [4.78, 5) is 0. The second-order valence-electron chi connectivity index (χ2n) is 5.33. The zero-order chi connectivity index (χ0) is 13.0. The predicted molar refractivity (Wildman–Crippen MR) is 81.0 cm³/mol. The summed E-state index contributed by atoms with van der Waals surface area (Å²) in [6.45, 7) is 6.67. The largest absolute Gasteiger partial charge is 0.0859 e. The maximum atomic E-state index is 2.33. The first-order valence-corrected chi connectivity index (χ1v) is 6.79. The molecule has 0 amide bonds. The Balaban J connectivity index is 2.22. The maximum absolute atomic E-state index is 2.33. The van der Waals surface area contributed by atoms with Crippen LogP contribution < -0.4 is 0 Å². The molecule has 0 aromatic heterocycles. The third-order valence-electron chi connectivity index (χ3n) is 3.51. The average Bonchev–Trinajstić information content (AvgIpc) is 2.37. The lowest BCUT2D eigenvalue weighted by Gasteiger charge is -2.14. The molecule has 0 heterocycles. The molecule has 0 bridgehead atoms. The second-order valence-corrected chi connectivity index (χ2v) is 5.33. The number of benzene rings is 2. The molecule has 94 valence electrons. The van der Waals surface area contributed by atoms with Gasteiger partial charge in [0.2, 0.25) is 0 Å². The number of hydrogen-bond acceptors (Lipinski definition) is 0. The van der Waals surface area contributed by atoms with Crippen molar-refractivity contribution in [2.75, 3.05) is 0 Å². The van der Waals surface area contributed by atoms with Crippen LogP contribution in [0, 0.1) is 0 Å². The summed E-state index contributed by atoms with van der Waals surface area (Å²) in [5.41, 5.74) is 2.90. The van der Waals surface area contributed by atoms with Crippen molar-refractivity contribution in [3.05, 3.63) is 59.7 Å². The third kappa shape index (κ3) is 3.01. The third-order valence-corrected chi connectivity index (χ3v) is 3.51. The lowest BCUT2D eigenvalue weighted by Crippen LogP contribution is -1.94. The predicted octanol–water partition coefficient (Wildman–Crippen LogP) is 5.69. The van der Waals surface area contributed by atoms with Gasteiger partial charge in [-0.2, -0.15) is 0 Å². The van der Waals surface area contributed by atoms with Crippen molar-refractivity contribution in [2.24, 2.45) is 0 Å². The minimum Gasteiger partial charge on any atom is -0.0859 e. The van der Waals surface area contributed by atoms with Crippen molar-refractivity contribution in [2.45, 2.75) is 39.5 Å². The molecule has 0 heteroatoms. The zero-order valence-corrected chi connectivity index (χ0v) is 11.6. The van der Waals surface area contributed by atoms with Gasteiger partial charge >= 0.3 is 0 Å². The van der Waals surface area contributed by atoms with E-state index in [1.54, 1.807) is 0 Å². The average molecular weight is 238 g/mol. The highest BCUT2D eigenvalue weighted by Crippen LogP contribution is 2.28. The molecule has 18 heavy (non-hydrogen) atoms. The Morgan fingerprint density at radius 2 is 1.78 bits per heavy atom. The minimum absolute atomic E-state index is 0.617. The molecule has 1 atom stereocenters. The molecule has 2 aromatic rings. The van der Waals surface area contributed by atoms with Gasteiger partial charge in [0.15, 0.2) is 0 Å². The van der Waals surface area contributed by atoms with E-state index in [1.807, 2.05) is 0 Å². The van der Waals surface area contributed by atoms with Crippen molar-refractivity contribution in [1.29, 1.82) is 0 Å². The normalized spacial score (nSPS) is 12.4. The first-order valence-electron chi connectivity index (χ1n) is 6.79. The van der Waals surface area contributed by atoms with E-state index in [2.05, 4.69) is 69.3 Å². The summed E-state index contributed by atoms with van der Waals surface area (Å²) in [7, 11) is 0. The van der Waals surface area contributed by atoms with Gasteiger partial charge in [-0.25, -0.2) is 0 Å². The topological polar surface area (TPSA) is 0 Å². The van der Waals surface area contributed by atoms with Crippen LogP contribution in [0.4, 0.5) is 0 Å². The molecule has 0 aliphatic rings. The van der Waals surface area contributed by atoms with Gasteiger partial charge < -0.3 is 0 Å². The summed E-state index contributed by atoms with van der Waals surface area (Å²) in [6, 6.07) is 15.3. The van der Waals surface area contributed by atoms with Crippen LogP contribution in [0.2, 0.25) is 0 Å². The Kier molecular flexibility index (Phi) is 4.19. The smallest absolute Gasteiger partial charge is 0.0149 e.